The molecule has 0 saturated carbocycles. The van der Waals surface area contributed by atoms with Crippen molar-refractivity contribution in [2.24, 2.45) is 5.92 Å². The molecule has 118 valence electrons. The number of ether oxygens (including phenoxy) is 1. The van der Waals surface area contributed by atoms with Crippen molar-refractivity contribution in [1.29, 1.82) is 0 Å². The Hall–Kier alpha value is -1.05. The van der Waals surface area contributed by atoms with Crippen molar-refractivity contribution in [2.45, 2.75) is 19.8 Å². The van der Waals surface area contributed by atoms with E-state index in [9.17, 15) is 18.5 Å². The molecule has 0 aliphatic carbocycles. The fourth-order valence-corrected chi connectivity index (χ4v) is 2.72. The molecule has 0 aliphatic heterocycles. The number of rotatable bonds is 8. The number of benzene rings is 1. The first-order valence-corrected chi connectivity index (χ1v) is 9.04. The largest absolute Gasteiger partial charge is 0.487 e. The topological polar surface area (TPSA) is 86.5 Å². The lowest BCUT2D eigenvalue weighted by Crippen LogP contribution is -2.09. The number of hydrogen-bond acceptors (Lipinski definition) is 5. The lowest BCUT2D eigenvalue weighted by molar-refractivity contribution is -0.385. The Bertz CT molecular complexity index is 606. The zero-order chi connectivity index (χ0) is 16.0. The Morgan fingerprint density at radius 3 is 2.62 bits per heavy atom. The molecule has 0 aliphatic rings. The molecule has 0 saturated heterocycles. The van der Waals surface area contributed by atoms with Gasteiger partial charge in [0.05, 0.1) is 17.3 Å². The van der Waals surface area contributed by atoms with Gasteiger partial charge in [-0.25, -0.2) is 8.42 Å². The zero-order valence-corrected chi connectivity index (χ0v) is 13.6. The summed E-state index contributed by atoms with van der Waals surface area (Å²) in [6.45, 7) is 2.09. The average molecular weight is 356 g/mol. The maximum absolute atomic E-state index is 10.8. The molecule has 1 rings (SSSR count). The number of nitro benzene ring substituents is 1. The van der Waals surface area contributed by atoms with Crippen LogP contribution in [0.25, 0.3) is 0 Å². The van der Waals surface area contributed by atoms with E-state index in [0.717, 1.165) is 0 Å². The van der Waals surface area contributed by atoms with Gasteiger partial charge in [0, 0.05) is 27.8 Å². The summed E-state index contributed by atoms with van der Waals surface area (Å²) < 4.78 is 27.0. The van der Waals surface area contributed by atoms with Crippen molar-refractivity contribution in [3.63, 3.8) is 0 Å². The maximum atomic E-state index is 10.8. The van der Waals surface area contributed by atoms with Crippen LogP contribution in [0.15, 0.2) is 18.2 Å². The molecule has 6 nitrogen and oxygen atoms in total. The molecule has 0 spiro atoms. The van der Waals surface area contributed by atoms with E-state index in [4.69, 9.17) is 27.0 Å². The third kappa shape index (κ3) is 6.97. The number of nitro groups is 1. The molecule has 0 heterocycles. The highest BCUT2D eigenvalue weighted by molar-refractivity contribution is 8.13. The molecular formula is C12H15Cl2NO5S. The van der Waals surface area contributed by atoms with Gasteiger partial charge in [-0.3, -0.25) is 10.1 Å². The quantitative estimate of drug-likeness (QED) is 0.403. The van der Waals surface area contributed by atoms with E-state index in [0.29, 0.717) is 17.9 Å². The fraction of sp³-hybridized carbons (Fsp3) is 0.500. The van der Waals surface area contributed by atoms with Crippen LogP contribution in [0.4, 0.5) is 5.69 Å². The van der Waals surface area contributed by atoms with E-state index in [1.165, 1.54) is 18.2 Å². The Balaban J connectivity index is 2.52. The van der Waals surface area contributed by atoms with Crippen LogP contribution >= 0.6 is 22.3 Å². The predicted octanol–water partition coefficient (Wildman–Crippen LogP) is 3.61. The summed E-state index contributed by atoms with van der Waals surface area (Å²) in [6.07, 6.45) is 0.961. The van der Waals surface area contributed by atoms with E-state index < -0.39 is 14.0 Å². The van der Waals surface area contributed by atoms with E-state index in [1.54, 1.807) is 0 Å². The van der Waals surface area contributed by atoms with Gasteiger partial charge in [-0.05, 0) is 24.8 Å². The van der Waals surface area contributed by atoms with Crippen LogP contribution in [0.1, 0.15) is 19.8 Å². The molecule has 0 N–H and O–H groups in total. The van der Waals surface area contributed by atoms with Crippen molar-refractivity contribution < 1.29 is 18.1 Å². The van der Waals surface area contributed by atoms with Gasteiger partial charge in [0.1, 0.15) is 0 Å². The van der Waals surface area contributed by atoms with Gasteiger partial charge in [0.2, 0.25) is 9.05 Å². The second-order valence-corrected chi connectivity index (χ2v) is 7.98. The molecule has 0 amide bonds. The Morgan fingerprint density at radius 2 is 2.05 bits per heavy atom. The van der Waals surface area contributed by atoms with Gasteiger partial charge in [0.25, 0.3) is 0 Å². The molecule has 21 heavy (non-hydrogen) atoms. The molecule has 1 unspecified atom stereocenters. The van der Waals surface area contributed by atoms with Crippen LogP contribution in [0.3, 0.4) is 0 Å². The van der Waals surface area contributed by atoms with Gasteiger partial charge in [0.15, 0.2) is 5.75 Å². The molecule has 1 aromatic carbocycles. The SMILES string of the molecule is CC(CCOc1cc(Cl)ccc1[N+](=O)[O-])CCS(=O)(=O)Cl. The molecule has 1 atom stereocenters. The van der Waals surface area contributed by atoms with Gasteiger partial charge in [-0.1, -0.05) is 18.5 Å². The van der Waals surface area contributed by atoms with Crippen molar-refractivity contribution in [3.05, 3.63) is 33.3 Å². The monoisotopic (exact) mass is 355 g/mol. The van der Waals surface area contributed by atoms with Crippen LogP contribution in [0.5, 0.6) is 5.75 Å². The lowest BCUT2D eigenvalue weighted by atomic mass is 10.1. The van der Waals surface area contributed by atoms with Gasteiger partial charge in [-0.2, -0.15) is 0 Å². The smallest absolute Gasteiger partial charge is 0.311 e. The van der Waals surface area contributed by atoms with Crippen molar-refractivity contribution in [3.8, 4) is 5.75 Å². The summed E-state index contributed by atoms with van der Waals surface area (Å²) >= 11 is 5.78. The highest BCUT2D eigenvalue weighted by Crippen LogP contribution is 2.30. The summed E-state index contributed by atoms with van der Waals surface area (Å²) in [4.78, 5) is 10.3. The van der Waals surface area contributed by atoms with Crippen LogP contribution in [0.2, 0.25) is 5.02 Å². The molecule has 0 fully saturated rings. The molecular weight excluding hydrogens is 341 g/mol. The van der Waals surface area contributed by atoms with Crippen LogP contribution in [-0.4, -0.2) is 25.7 Å². The first kappa shape index (κ1) is 18.0. The third-order valence-corrected chi connectivity index (χ3v) is 4.26. The van der Waals surface area contributed by atoms with Gasteiger partial charge >= 0.3 is 5.69 Å². The molecule has 9 heteroatoms. The standard InChI is InChI=1S/C12H15Cl2NO5S/c1-9(5-7-21(14,18)19)4-6-20-12-8-10(13)2-3-11(12)15(16)17/h2-3,8-9H,4-7H2,1H3. The number of nitrogens with zero attached hydrogens (tertiary/aromatic N) is 1. The molecule has 0 bridgehead atoms. The van der Waals surface area contributed by atoms with E-state index in [-0.39, 0.29) is 29.7 Å². The molecule has 0 radical (unpaired) electrons. The minimum absolute atomic E-state index is 0.0664. The van der Waals surface area contributed by atoms with E-state index >= 15 is 0 Å². The lowest BCUT2D eigenvalue weighted by Gasteiger charge is -2.11. The Kier molecular flexibility index (Phi) is 6.70. The number of halogens is 2. The van der Waals surface area contributed by atoms with Crippen molar-refractivity contribution >= 4 is 37.0 Å². The van der Waals surface area contributed by atoms with Crippen LogP contribution in [-0.2, 0) is 9.05 Å². The van der Waals surface area contributed by atoms with E-state index in [2.05, 4.69) is 0 Å². The minimum atomic E-state index is -3.50. The minimum Gasteiger partial charge on any atom is -0.487 e. The molecule has 1 aromatic rings. The summed E-state index contributed by atoms with van der Waals surface area (Å²) in [5.41, 5.74) is -0.157. The Labute approximate surface area is 132 Å². The summed E-state index contributed by atoms with van der Waals surface area (Å²) in [7, 11) is 1.64. The van der Waals surface area contributed by atoms with Crippen LogP contribution < -0.4 is 4.74 Å². The number of hydrogen-bond donors (Lipinski definition) is 0. The molecule has 0 aromatic heterocycles. The third-order valence-electron chi connectivity index (χ3n) is 2.84. The van der Waals surface area contributed by atoms with Crippen LogP contribution in [0, 0.1) is 16.0 Å². The normalized spacial score (nSPS) is 12.9. The maximum Gasteiger partial charge on any atom is 0.311 e. The van der Waals surface area contributed by atoms with Gasteiger partial charge in [-0.15, -0.1) is 0 Å². The second kappa shape index (κ2) is 7.82. The second-order valence-electron chi connectivity index (χ2n) is 4.64. The first-order valence-electron chi connectivity index (χ1n) is 6.18. The van der Waals surface area contributed by atoms with Crippen molar-refractivity contribution in [2.75, 3.05) is 12.4 Å². The highest BCUT2D eigenvalue weighted by Gasteiger charge is 2.16. The van der Waals surface area contributed by atoms with Gasteiger partial charge < -0.3 is 4.74 Å². The predicted molar refractivity (Wildman–Crippen MR) is 81.6 cm³/mol. The highest BCUT2D eigenvalue weighted by atomic mass is 35.7. The zero-order valence-electron chi connectivity index (χ0n) is 11.3. The summed E-state index contributed by atoms with van der Waals surface area (Å²) in [5, 5.41) is 11.2. The summed E-state index contributed by atoms with van der Waals surface area (Å²) in [6, 6.07) is 4.08. The summed E-state index contributed by atoms with van der Waals surface area (Å²) in [5.74, 6) is 0.0639. The average Bonchev–Trinajstić information content (AvgIpc) is 2.35. The first-order chi connectivity index (χ1) is 9.69. The fourth-order valence-electron chi connectivity index (χ4n) is 1.61. The van der Waals surface area contributed by atoms with Crippen molar-refractivity contribution in [1.82, 2.24) is 0 Å². The Morgan fingerprint density at radius 1 is 1.38 bits per heavy atom. The van der Waals surface area contributed by atoms with E-state index in [1.807, 2.05) is 6.92 Å².